The number of aromatic nitrogens is 1. The minimum Gasteiger partial charge on any atom is -0.492 e. The van der Waals surface area contributed by atoms with Crippen LogP contribution in [0.3, 0.4) is 0 Å². The third kappa shape index (κ3) is 6.95. The van der Waals surface area contributed by atoms with E-state index in [1.165, 1.54) is 6.07 Å². The predicted molar refractivity (Wildman–Crippen MR) is 96.7 cm³/mol. The van der Waals surface area contributed by atoms with E-state index in [1.807, 2.05) is 6.92 Å². The summed E-state index contributed by atoms with van der Waals surface area (Å²) in [4.78, 5) is 7.82. The molecule has 0 spiro atoms. The van der Waals surface area contributed by atoms with E-state index in [9.17, 15) is 22.0 Å². The average Bonchev–Trinajstić information content (AvgIpc) is 3.11. The summed E-state index contributed by atoms with van der Waals surface area (Å²) in [5.74, 6) is -1.28. The first kappa shape index (κ1) is 21.9. The van der Waals surface area contributed by atoms with E-state index in [2.05, 4.69) is 20.6 Å². The molecule has 0 aliphatic heterocycles. The third-order valence-corrected chi connectivity index (χ3v) is 4.24. The van der Waals surface area contributed by atoms with Crippen LogP contribution in [0.5, 0.6) is 5.75 Å². The summed E-state index contributed by atoms with van der Waals surface area (Å²) in [6.07, 6.45) is -4.16. The number of hydrogen-bond acceptors (Lipinski definition) is 4. The first-order chi connectivity index (χ1) is 13.3. The van der Waals surface area contributed by atoms with Crippen LogP contribution in [0.1, 0.15) is 17.6 Å². The Hall–Kier alpha value is -2.43. The Bertz CT molecular complexity index is 794. The highest BCUT2D eigenvalue weighted by Crippen LogP contribution is 2.30. The summed E-state index contributed by atoms with van der Waals surface area (Å²) in [5.41, 5.74) is -0.893. The van der Waals surface area contributed by atoms with Gasteiger partial charge in [-0.15, -0.1) is 11.3 Å². The van der Waals surface area contributed by atoms with Crippen molar-refractivity contribution in [1.82, 2.24) is 15.6 Å². The highest BCUT2D eigenvalue weighted by atomic mass is 32.1. The zero-order chi connectivity index (χ0) is 20.6. The Morgan fingerprint density at radius 2 is 2.00 bits per heavy atom. The van der Waals surface area contributed by atoms with Gasteiger partial charge in [-0.2, -0.15) is 13.2 Å². The molecular weight excluding hydrogens is 403 g/mol. The zero-order valence-corrected chi connectivity index (χ0v) is 15.8. The fourth-order valence-electron chi connectivity index (χ4n) is 2.07. The van der Waals surface area contributed by atoms with Crippen molar-refractivity contribution >= 4 is 17.3 Å². The molecule has 2 aromatic rings. The topological polar surface area (TPSA) is 58.5 Å². The van der Waals surface area contributed by atoms with Gasteiger partial charge in [0.05, 0.1) is 11.6 Å². The Morgan fingerprint density at radius 3 is 2.64 bits per heavy atom. The van der Waals surface area contributed by atoms with E-state index in [0.717, 1.165) is 28.8 Å². The average molecular weight is 422 g/mol. The molecule has 0 unspecified atom stereocenters. The number of hydrogen-bond donors (Lipinski definition) is 2. The van der Waals surface area contributed by atoms with Crippen molar-refractivity contribution in [3.63, 3.8) is 0 Å². The van der Waals surface area contributed by atoms with E-state index >= 15 is 0 Å². The largest absolute Gasteiger partial charge is 0.492 e. The van der Waals surface area contributed by atoms with Gasteiger partial charge in [0.1, 0.15) is 12.4 Å². The van der Waals surface area contributed by atoms with Gasteiger partial charge in [0.15, 0.2) is 23.3 Å². The number of halogens is 5. The van der Waals surface area contributed by atoms with Crippen LogP contribution in [-0.2, 0) is 12.6 Å². The van der Waals surface area contributed by atoms with Crippen LogP contribution < -0.4 is 15.4 Å². The quantitative estimate of drug-likeness (QED) is 0.295. The molecular formula is C17H19F5N4OS. The molecule has 1 aromatic carbocycles. The lowest BCUT2D eigenvalue weighted by molar-refractivity contribution is -0.140. The van der Waals surface area contributed by atoms with Gasteiger partial charge in [-0.1, -0.05) is 0 Å². The van der Waals surface area contributed by atoms with Gasteiger partial charge in [0, 0.05) is 31.0 Å². The summed E-state index contributed by atoms with van der Waals surface area (Å²) in [7, 11) is 0. The molecule has 0 atom stereocenters. The maximum absolute atomic E-state index is 13.1. The van der Waals surface area contributed by atoms with Crippen LogP contribution in [0, 0.1) is 11.6 Å². The van der Waals surface area contributed by atoms with Crippen molar-refractivity contribution < 1.29 is 26.7 Å². The van der Waals surface area contributed by atoms with Crippen LogP contribution in [0.25, 0.3) is 0 Å². The lowest BCUT2D eigenvalue weighted by Crippen LogP contribution is -2.39. The predicted octanol–water partition coefficient (Wildman–Crippen LogP) is 3.62. The maximum Gasteiger partial charge on any atom is 0.434 e. The van der Waals surface area contributed by atoms with Gasteiger partial charge >= 0.3 is 6.18 Å². The lowest BCUT2D eigenvalue weighted by atomic mass is 10.3. The minimum absolute atomic E-state index is 0.177. The first-order valence-corrected chi connectivity index (χ1v) is 9.29. The Morgan fingerprint density at radius 1 is 1.21 bits per heavy atom. The number of aliphatic imine (C=N–C) groups is 1. The monoisotopic (exact) mass is 422 g/mol. The summed E-state index contributed by atoms with van der Waals surface area (Å²) in [5, 5.41) is 7.31. The normalized spacial score (nSPS) is 12.1. The number of alkyl halides is 3. The van der Waals surface area contributed by atoms with Gasteiger partial charge in [0.2, 0.25) is 0 Å². The molecule has 5 nitrogen and oxygen atoms in total. The fourth-order valence-corrected chi connectivity index (χ4v) is 2.86. The summed E-state index contributed by atoms with van der Waals surface area (Å²) >= 11 is 0.944. The van der Waals surface area contributed by atoms with Crippen LogP contribution >= 0.6 is 11.3 Å². The SMILES string of the molecule is CCNC(=NCCc1nc(C(F)(F)F)cs1)NCCOc1ccc(F)c(F)c1. The number of ether oxygens (including phenoxy) is 1. The molecule has 0 bridgehead atoms. The molecule has 2 N–H and O–H groups in total. The molecule has 1 aromatic heterocycles. The smallest absolute Gasteiger partial charge is 0.434 e. The number of benzene rings is 1. The van der Waals surface area contributed by atoms with Gasteiger partial charge in [-0.05, 0) is 19.1 Å². The van der Waals surface area contributed by atoms with Crippen molar-refractivity contribution in [2.45, 2.75) is 19.5 Å². The van der Waals surface area contributed by atoms with Crippen molar-refractivity contribution in [1.29, 1.82) is 0 Å². The van der Waals surface area contributed by atoms with E-state index in [-0.39, 0.29) is 25.3 Å². The summed E-state index contributed by atoms with van der Waals surface area (Å²) < 4.78 is 68.9. The van der Waals surface area contributed by atoms with Crippen LogP contribution in [0.4, 0.5) is 22.0 Å². The number of nitrogens with zero attached hydrogens (tertiary/aromatic N) is 2. The molecule has 0 saturated heterocycles. The number of guanidine groups is 1. The highest BCUT2D eigenvalue weighted by Gasteiger charge is 2.33. The number of rotatable bonds is 8. The second kappa shape index (κ2) is 10.2. The molecule has 11 heteroatoms. The molecule has 0 radical (unpaired) electrons. The van der Waals surface area contributed by atoms with E-state index in [1.54, 1.807) is 0 Å². The Kier molecular flexibility index (Phi) is 7.97. The number of nitrogens with one attached hydrogen (secondary N) is 2. The van der Waals surface area contributed by atoms with Crippen LogP contribution in [0.15, 0.2) is 28.6 Å². The van der Waals surface area contributed by atoms with Crippen molar-refractivity contribution in [2.24, 2.45) is 4.99 Å². The molecule has 2 rings (SSSR count). The number of thiazole rings is 1. The molecule has 1 heterocycles. The van der Waals surface area contributed by atoms with Crippen molar-refractivity contribution in [2.75, 3.05) is 26.2 Å². The standard InChI is InChI=1S/C17H19F5N4OS/c1-2-23-16(24-6-5-15-26-14(10-28-15)17(20,21)22)25-7-8-27-11-3-4-12(18)13(19)9-11/h3-4,9-10H,2,5-8H2,1H3,(H2,23,24,25). The van der Waals surface area contributed by atoms with Crippen molar-refractivity contribution in [3.05, 3.63) is 45.9 Å². The van der Waals surface area contributed by atoms with Gasteiger partial charge in [0.25, 0.3) is 0 Å². The lowest BCUT2D eigenvalue weighted by Gasteiger charge is -2.12. The fraction of sp³-hybridized carbons (Fsp3) is 0.412. The molecule has 28 heavy (non-hydrogen) atoms. The Labute approximate surface area is 162 Å². The molecule has 0 saturated carbocycles. The van der Waals surface area contributed by atoms with Crippen LogP contribution in [0.2, 0.25) is 0 Å². The summed E-state index contributed by atoms with van der Waals surface area (Å²) in [6, 6.07) is 3.26. The molecule has 0 fully saturated rings. The maximum atomic E-state index is 13.1. The van der Waals surface area contributed by atoms with E-state index in [0.29, 0.717) is 24.1 Å². The third-order valence-electron chi connectivity index (χ3n) is 3.34. The molecule has 0 aliphatic rings. The van der Waals surface area contributed by atoms with Gasteiger partial charge < -0.3 is 15.4 Å². The molecule has 0 amide bonds. The Balaban J connectivity index is 1.78. The van der Waals surface area contributed by atoms with Crippen LogP contribution in [-0.4, -0.2) is 37.2 Å². The van der Waals surface area contributed by atoms with Crippen molar-refractivity contribution in [3.8, 4) is 5.75 Å². The minimum atomic E-state index is -4.44. The second-order valence-electron chi connectivity index (χ2n) is 5.49. The van der Waals surface area contributed by atoms with Gasteiger partial charge in [-0.25, -0.2) is 13.8 Å². The second-order valence-corrected chi connectivity index (χ2v) is 6.43. The highest BCUT2D eigenvalue weighted by molar-refractivity contribution is 7.09. The molecule has 0 aliphatic carbocycles. The van der Waals surface area contributed by atoms with Gasteiger partial charge in [-0.3, -0.25) is 4.99 Å². The zero-order valence-electron chi connectivity index (χ0n) is 14.9. The summed E-state index contributed by atoms with van der Waals surface area (Å²) in [6.45, 7) is 3.22. The van der Waals surface area contributed by atoms with E-state index in [4.69, 9.17) is 4.74 Å². The first-order valence-electron chi connectivity index (χ1n) is 8.41. The molecule has 154 valence electrons. The van der Waals surface area contributed by atoms with E-state index < -0.39 is 23.5 Å².